The lowest BCUT2D eigenvalue weighted by Gasteiger charge is -2.09. The molecule has 0 aliphatic heterocycles. The first-order chi connectivity index (χ1) is 5.77. The van der Waals surface area contributed by atoms with E-state index in [1.807, 2.05) is 25.2 Å². The van der Waals surface area contributed by atoms with Crippen molar-refractivity contribution < 1.29 is 0 Å². The maximum absolute atomic E-state index is 4.38. The molecule has 0 aliphatic carbocycles. The molecular weight excluding hydrogens is 148 g/mol. The van der Waals surface area contributed by atoms with Gasteiger partial charge in [-0.25, -0.2) is 0 Å². The van der Waals surface area contributed by atoms with Gasteiger partial charge < -0.3 is 5.32 Å². The van der Waals surface area contributed by atoms with E-state index >= 15 is 0 Å². The quantitative estimate of drug-likeness (QED) is 0.735. The fraction of sp³-hybridized carbons (Fsp3) is 0.300. The van der Waals surface area contributed by atoms with Crippen LogP contribution in [0.25, 0.3) is 6.08 Å². The largest absolute Gasteiger partial charge is 0.312 e. The monoisotopic (exact) mass is 162 g/mol. The molecule has 0 aromatic carbocycles. The molecule has 0 bridgehead atoms. The molecular formula is C10H14N2. The van der Waals surface area contributed by atoms with Crippen molar-refractivity contribution in [1.82, 2.24) is 10.3 Å². The third-order valence-electron chi connectivity index (χ3n) is 1.88. The molecule has 0 amide bonds. The number of nitrogens with zero attached hydrogens (tertiary/aromatic N) is 1. The SMILES string of the molecule is C=Cc1cccc([C@H](C)NC)n1. The molecule has 0 aliphatic rings. The van der Waals surface area contributed by atoms with E-state index in [4.69, 9.17) is 0 Å². The summed E-state index contributed by atoms with van der Waals surface area (Å²) in [4.78, 5) is 4.38. The lowest BCUT2D eigenvalue weighted by Crippen LogP contribution is -2.13. The second-order valence-electron chi connectivity index (χ2n) is 2.70. The third-order valence-corrected chi connectivity index (χ3v) is 1.88. The molecule has 1 aromatic heterocycles. The molecule has 1 N–H and O–H groups in total. The molecule has 1 aromatic rings. The Morgan fingerprint density at radius 2 is 2.33 bits per heavy atom. The number of aromatic nitrogens is 1. The molecule has 0 saturated heterocycles. The van der Waals surface area contributed by atoms with Crippen LogP contribution in [0, 0.1) is 0 Å². The van der Waals surface area contributed by atoms with Gasteiger partial charge in [0.25, 0.3) is 0 Å². The zero-order chi connectivity index (χ0) is 8.97. The summed E-state index contributed by atoms with van der Waals surface area (Å²) in [5, 5.41) is 3.14. The molecule has 1 atom stereocenters. The average molecular weight is 162 g/mol. The number of hydrogen-bond acceptors (Lipinski definition) is 2. The Balaban J connectivity index is 2.93. The van der Waals surface area contributed by atoms with Crippen molar-refractivity contribution in [3.05, 3.63) is 36.2 Å². The molecule has 1 rings (SSSR count). The van der Waals surface area contributed by atoms with Crippen molar-refractivity contribution in [2.75, 3.05) is 7.05 Å². The van der Waals surface area contributed by atoms with Crippen molar-refractivity contribution in [3.63, 3.8) is 0 Å². The Labute approximate surface area is 73.3 Å². The van der Waals surface area contributed by atoms with Gasteiger partial charge in [0.15, 0.2) is 0 Å². The Hall–Kier alpha value is -1.15. The van der Waals surface area contributed by atoms with Gasteiger partial charge in [0.05, 0.1) is 11.4 Å². The average Bonchev–Trinajstić information content (AvgIpc) is 2.17. The van der Waals surface area contributed by atoms with Gasteiger partial charge >= 0.3 is 0 Å². The first-order valence-electron chi connectivity index (χ1n) is 4.04. The molecule has 2 nitrogen and oxygen atoms in total. The highest BCUT2D eigenvalue weighted by Gasteiger charge is 2.02. The van der Waals surface area contributed by atoms with Crippen LogP contribution < -0.4 is 5.32 Å². The van der Waals surface area contributed by atoms with Gasteiger partial charge in [-0.1, -0.05) is 12.6 Å². The smallest absolute Gasteiger partial charge is 0.0627 e. The van der Waals surface area contributed by atoms with E-state index in [1.54, 1.807) is 6.08 Å². The number of nitrogens with one attached hydrogen (secondary N) is 1. The first-order valence-corrected chi connectivity index (χ1v) is 4.04. The number of hydrogen-bond donors (Lipinski definition) is 1. The van der Waals surface area contributed by atoms with Crippen LogP contribution in [0.5, 0.6) is 0 Å². The number of pyridine rings is 1. The molecule has 2 heteroatoms. The molecule has 0 fully saturated rings. The van der Waals surface area contributed by atoms with Crippen LogP contribution in [0.1, 0.15) is 24.4 Å². The minimum atomic E-state index is 0.296. The Morgan fingerprint density at radius 3 is 2.92 bits per heavy atom. The Kier molecular flexibility index (Phi) is 3.00. The second-order valence-corrected chi connectivity index (χ2v) is 2.70. The zero-order valence-electron chi connectivity index (χ0n) is 7.54. The summed E-state index contributed by atoms with van der Waals surface area (Å²) in [6, 6.07) is 6.24. The third kappa shape index (κ3) is 1.92. The normalized spacial score (nSPS) is 12.5. The summed E-state index contributed by atoms with van der Waals surface area (Å²) in [5.41, 5.74) is 1.98. The van der Waals surface area contributed by atoms with Crippen LogP contribution in [0.2, 0.25) is 0 Å². The van der Waals surface area contributed by atoms with Gasteiger partial charge in [-0.05, 0) is 32.2 Å². The van der Waals surface area contributed by atoms with E-state index < -0.39 is 0 Å². The fourth-order valence-corrected chi connectivity index (χ4v) is 0.972. The first kappa shape index (κ1) is 8.94. The van der Waals surface area contributed by atoms with Crippen LogP contribution in [0.3, 0.4) is 0 Å². The van der Waals surface area contributed by atoms with Crippen LogP contribution in [-0.4, -0.2) is 12.0 Å². The predicted molar refractivity (Wildman–Crippen MR) is 51.8 cm³/mol. The zero-order valence-corrected chi connectivity index (χ0v) is 7.54. The lowest BCUT2D eigenvalue weighted by atomic mass is 10.2. The van der Waals surface area contributed by atoms with Gasteiger partial charge in [0.2, 0.25) is 0 Å². The topological polar surface area (TPSA) is 24.9 Å². The molecule has 0 radical (unpaired) electrons. The van der Waals surface area contributed by atoms with E-state index in [1.165, 1.54) is 0 Å². The second kappa shape index (κ2) is 4.02. The van der Waals surface area contributed by atoms with E-state index in [-0.39, 0.29) is 0 Å². The summed E-state index contributed by atoms with van der Waals surface area (Å²) in [6.45, 7) is 5.75. The molecule has 0 saturated carbocycles. The molecule has 64 valence electrons. The van der Waals surface area contributed by atoms with Crippen LogP contribution >= 0.6 is 0 Å². The van der Waals surface area contributed by atoms with Crippen molar-refractivity contribution >= 4 is 6.08 Å². The van der Waals surface area contributed by atoms with E-state index in [0.717, 1.165) is 11.4 Å². The summed E-state index contributed by atoms with van der Waals surface area (Å²) in [6.07, 6.45) is 1.76. The summed E-state index contributed by atoms with van der Waals surface area (Å²) >= 11 is 0. The Morgan fingerprint density at radius 1 is 1.58 bits per heavy atom. The van der Waals surface area contributed by atoms with Crippen LogP contribution in [0.4, 0.5) is 0 Å². The van der Waals surface area contributed by atoms with E-state index in [0.29, 0.717) is 6.04 Å². The van der Waals surface area contributed by atoms with E-state index in [9.17, 15) is 0 Å². The standard InChI is InChI=1S/C10H14N2/c1-4-9-6-5-7-10(12-9)8(2)11-3/h4-8,11H,1H2,2-3H3/t8-/m0/s1. The minimum Gasteiger partial charge on any atom is -0.312 e. The predicted octanol–water partition coefficient (Wildman–Crippen LogP) is 2.00. The van der Waals surface area contributed by atoms with Crippen molar-refractivity contribution in [1.29, 1.82) is 0 Å². The highest BCUT2D eigenvalue weighted by atomic mass is 14.9. The Bertz CT molecular complexity index is 268. The van der Waals surface area contributed by atoms with Gasteiger partial charge in [0, 0.05) is 6.04 Å². The van der Waals surface area contributed by atoms with Crippen LogP contribution in [-0.2, 0) is 0 Å². The molecule has 12 heavy (non-hydrogen) atoms. The van der Waals surface area contributed by atoms with Crippen LogP contribution in [0.15, 0.2) is 24.8 Å². The van der Waals surface area contributed by atoms with Gasteiger partial charge in [-0.2, -0.15) is 0 Å². The molecule has 1 heterocycles. The van der Waals surface area contributed by atoms with Gasteiger partial charge in [-0.15, -0.1) is 0 Å². The maximum Gasteiger partial charge on any atom is 0.0627 e. The summed E-state index contributed by atoms with van der Waals surface area (Å²) in [7, 11) is 1.92. The van der Waals surface area contributed by atoms with E-state index in [2.05, 4.69) is 23.8 Å². The highest BCUT2D eigenvalue weighted by molar-refractivity contribution is 5.41. The van der Waals surface area contributed by atoms with Crippen molar-refractivity contribution in [3.8, 4) is 0 Å². The van der Waals surface area contributed by atoms with Crippen molar-refractivity contribution in [2.45, 2.75) is 13.0 Å². The maximum atomic E-state index is 4.38. The fourth-order valence-electron chi connectivity index (χ4n) is 0.972. The summed E-state index contributed by atoms with van der Waals surface area (Å²) < 4.78 is 0. The lowest BCUT2D eigenvalue weighted by molar-refractivity contribution is 0.632. The van der Waals surface area contributed by atoms with Gasteiger partial charge in [-0.3, -0.25) is 4.98 Å². The molecule has 0 spiro atoms. The highest BCUT2D eigenvalue weighted by Crippen LogP contribution is 2.09. The van der Waals surface area contributed by atoms with Crippen molar-refractivity contribution in [2.24, 2.45) is 0 Å². The number of rotatable bonds is 3. The van der Waals surface area contributed by atoms with Gasteiger partial charge in [0.1, 0.15) is 0 Å². The minimum absolute atomic E-state index is 0.296. The molecule has 0 unspecified atom stereocenters. The summed E-state index contributed by atoms with van der Waals surface area (Å²) in [5.74, 6) is 0.